The smallest absolute Gasteiger partial charge is 0.119 e. The molecule has 1 aromatic heterocycles. The summed E-state index contributed by atoms with van der Waals surface area (Å²) in [4.78, 5) is 7.99. The molecule has 0 bridgehead atoms. The Balaban J connectivity index is 1.57. The minimum atomic E-state index is 0.614. The second kappa shape index (κ2) is 4.80. The van der Waals surface area contributed by atoms with Crippen molar-refractivity contribution in [1.82, 2.24) is 15.3 Å². The zero-order valence-electron chi connectivity index (χ0n) is 9.54. The predicted octanol–water partition coefficient (Wildman–Crippen LogP) is 2.62. The van der Waals surface area contributed by atoms with Crippen molar-refractivity contribution < 1.29 is 0 Å². The van der Waals surface area contributed by atoms with Gasteiger partial charge in [0.05, 0.1) is 5.25 Å². The Morgan fingerprint density at radius 2 is 2.31 bits per heavy atom. The van der Waals surface area contributed by atoms with Crippen LogP contribution < -0.4 is 5.32 Å². The molecule has 0 aromatic carbocycles. The van der Waals surface area contributed by atoms with Crippen LogP contribution in [0.1, 0.15) is 48.9 Å². The third-order valence-electron chi connectivity index (χ3n) is 3.29. The van der Waals surface area contributed by atoms with Gasteiger partial charge in [0.1, 0.15) is 5.82 Å². The zero-order chi connectivity index (χ0) is 10.8. The first-order chi connectivity index (χ1) is 7.92. The maximum Gasteiger partial charge on any atom is 0.119 e. The van der Waals surface area contributed by atoms with Crippen molar-refractivity contribution in [2.45, 2.75) is 49.9 Å². The van der Waals surface area contributed by atoms with Crippen LogP contribution in [0.4, 0.5) is 0 Å². The van der Waals surface area contributed by atoms with Gasteiger partial charge in [-0.1, -0.05) is 6.42 Å². The molecule has 3 nitrogen and oxygen atoms in total. The molecule has 1 atom stereocenters. The molecule has 4 heteroatoms. The van der Waals surface area contributed by atoms with E-state index in [4.69, 9.17) is 0 Å². The molecule has 2 fully saturated rings. The monoisotopic (exact) mass is 237 g/mol. The normalized spacial score (nSPS) is 25.9. The molecule has 1 unspecified atom stereocenters. The predicted molar refractivity (Wildman–Crippen MR) is 67.5 cm³/mol. The van der Waals surface area contributed by atoms with Crippen LogP contribution >= 0.6 is 11.8 Å². The number of rotatable bonds is 4. The number of hydrogen-bond acceptors (Lipinski definition) is 3. The van der Waals surface area contributed by atoms with Crippen molar-refractivity contribution in [1.29, 1.82) is 0 Å². The SMILES string of the molecule is c1nc(C2CCCCS2)[nH]c1CNC1CC1. The van der Waals surface area contributed by atoms with E-state index < -0.39 is 0 Å². The summed E-state index contributed by atoms with van der Waals surface area (Å²) in [6.45, 7) is 0.953. The summed E-state index contributed by atoms with van der Waals surface area (Å²) in [6, 6.07) is 0.774. The first-order valence-electron chi connectivity index (χ1n) is 6.30. The maximum absolute atomic E-state index is 4.52. The lowest BCUT2D eigenvalue weighted by molar-refractivity contribution is 0.656. The Morgan fingerprint density at radius 3 is 3.06 bits per heavy atom. The summed E-state index contributed by atoms with van der Waals surface area (Å²) in [5.74, 6) is 2.48. The summed E-state index contributed by atoms with van der Waals surface area (Å²) >= 11 is 2.05. The highest BCUT2D eigenvalue weighted by Crippen LogP contribution is 2.36. The van der Waals surface area contributed by atoms with Crippen LogP contribution in [0.3, 0.4) is 0 Å². The third kappa shape index (κ3) is 2.61. The summed E-state index contributed by atoms with van der Waals surface area (Å²) in [6.07, 6.45) is 8.71. The number of hydrogen-bond donors (Lipinski definition) is 2. The number of aromatic amines is 1. The lowest BCUT2D eigenvalue weighted by Gasteiger charge is -2.18. The lowest BCUT2D eigenvalue weighted by Crippen LogP contribution is -2.15. The second-order valence-corrected chi connectivity index (χ2v) is 6.11. The molecular formula is C12H19N3S. The van der Waals surface area contributed by atoms with Crippen LogP contribution in [0.25, 0.3) is 0 Å². The Hall–Kier alpha value is -0.480. The fraction of sp³-hybridized carbons (Fsp3) is 0.750. The molecule has 0 radical (unpaired) electrons. The van der Waals surface area contributed by atoms with Gasteiger partial charge in [-0.15, -0.1) is 0 Å². The Morgan fingerprint density at radius 1 is 1.38 bits per heavy atom. The fourth-order valence-electron chi connectivity index (χ4n) is 2.13. The maximum atomic E-state index is 4.52. The summed E-state index contributed by atoms with van der Waals surface area (Å²) in [5.41, 5.74) is 1.24. The molecule has 1 aliphatic heterocycles. The molecule has 1 saturated heterocycles. The standard InChI is InChI=1S/C12H19N3S/c1-2-6-16-11(3-1)12-14-8-10(15-12)7-13-9-4-5-9/h8-9,11,13H,1-7H2,(H,14,15). The molecule has 88 valence electrons. The van der Waals surface area contributed by atoms with E-state index in [0.29, 0.717) is 5.25 Å². The minimum Gasteiger partial charge on any atom is -0.344 e. The van der Waals surface area contributed by atoms with Gasteiger partial charge in [0, 0.05) is 24.5 Å². The van der Waals surface area contributed by atoms with E-state index >= 15 is 0 Å². The van der Waals surface area contributed by atoms with Crippen molar-refractivity contribution >= 4 is 11.8 Å². The molecule has 1 aromatic rings. The van der Waals surface area contributed by atoms with Gasteiger partial charge >= 0.3 is 0 Å². The van der Waals surface area contributed by atoms with Crippen LogP contribution in [-0.2, 0) is 6.54 Å². The van der Waals surface area contributed by atoms with Gasteiger partial charge in [-0.3, -0.25) is 0 Å². The number of nitrogens with one attached hydrogen (secondary N) is 2. The Labute approximate surface area is 101 Å². The van der Waals surface area contributed by atoms with E-state index in [1.54, 1.807) is 0 Å². The van der Waals surface area contributed by atoms with Crippen LogP contribution in [-0.4, -0.2) is 21.8 Å². The van der Waals surface area contributed by atoms with Gasteiger partial charge in [-0.2, -0.15) is 11.8 Å². The molecule has 1 aliphatic carbocycles. The number of H-pyrrole nitrogens is 1. The van der Waals surface area contributed by atoms with Gasteiger partial charge in [-0.25, -0.2) is 4.98 Å². The molecule has 2 aliphatic rings. The summed E-state index contributed by atoms with van der Waals surface area (Å²) < 4.78 is 0. The highest BCUT2D eigenvalue weighted by Gasteiger charge is 2.21. The number of imidazole rings is 1. The third-order valence-corrected chi connectivity index (χ3v) is 4.68. The first kappa shape index (κ1) is 10.7. The molecule has 2 N–H and O–H groups in total. The van der Waals surface area contributed by atoms with E-state index in [1.165, 1.54) is 49.4 Å². The van der Waals surface area contributed by atoms with Crippen LogP contribution in [0.2, 0.25) is 0 Å². The Bertz CT molecular complexity index is 340. The van der Waals surface area contributed by atoms with Crippen LogP contribution in [0.5, 0.6) is 0 Å². The van der Waals surface area contributed by atoms with Crippen molar-refractivity contribution in [3.05, 3.63) is 17.7 Å². The minimum absolute atomic E-state index is 0.614. The molecule has 16 heavy (non-hydrogen) atoms. The first-order valence-corrected chi connectivity index (χ1v) is 7.35. The molecule has 1 saturated carbocycles. The molecule has 2 heterocycles. The highest BCUT2D eigenvalue weighted by atomic mass is 32.2. The van der Waals surface area contributed by atoms with Gasteiger partial charge in [0.15, 0.2) is 0 Å². The highest BCUT2D eigenvalue weighted by molar-refractivity contribution is 7.99. The van der Waals surface area contributed by atoms with Gasteiger partial charge in [0.25, 0.3) is 0 Å². The van der Waals surface area contributed by atoms with E-state index in [2.05, 4.69) is 27.0 Å². The Kier molecular flexibility index (Phi) is 3.20. The number of nitrogens with zero attached hydrogens (tertiary/aromatic N) is 1. The van der Waals surface area contributed by atoms with E-state index in [1.807, 2.05) is 6.20 Å². The van der Waals surface area contributed by atoms with Gasteiger partial charge < -0.3 is 10.3 Å². The van der Waals surface area contributed by atoms with Gasteiger partial charge in [-0.05, 0) is 31.4 Å². The summed E-state index contributed by atoms with van der Waals surface area (Å²) in [5, 5.41) is 4.13. The van der Waals surface area contributed by atoms with Crippen molar-refractivity contribution in [3.63, 3.8) is 0 Å². The lowest BCUT2D eigenvalue weighted by atomic mass is 10.2. The number of aromatic nitrogens is 2. The van der Waals surface area contributed by atoms with E-state index in [9.17, 15) is 0 Å². The average Bonchev–Trinajstić information content (AvgIpc) is 3.05. The molecule has 0 spiro atoms. The molecule has 3 rings (SSSR count). The second-order valence-electron chi connectivity index (χ2n) is 4.80. The van der Waals surface area contributed by atoms with Gasteiger partial charge in [0.2, 0.25) is 0 Å². The molecular weight excluding hydrogens is 218 g/mol. The average molecular weight is 237 g/mol. The summed E-state index contributed by atoms with van der Waals surface area (Å²) in [7, 11) is 0. The zero-order valence-corrected chi connectivity index (χ0v) is 10.4. The quantitative estimate of drug-likeness (QED) is 0.845. The fourth-order valence-corrected chi connectivity index (χ4v) is 3.39. The molecule has 0 amide bonds. The van der Waals surface area contributed by atoms with Crippen molar-refractivity contribution in [3.8, 4) is 0 Å². The van der Waals surface area contributed by atoms with E-state index in [-0.39, 0.29) is 0 Å². The van der Waals surface area contributed by atoms with Crippen molar-refractivity contribution in [2.75, 3.05) is 5.75 Å². The number of thioether (sulfide) groups is 1. The topological polar surface area (TPSA) is 40.7 Å². The largest absolute Gasteiger partial charge is 0.344 e. The van der Waals surface area contributed by atoms with Crippen LogP contribution in [0.15, 0.2) is 6.20 Å². The van der Waals surface area contributed by atoms with E-state index in [0.717, 1.165) is 12.6 Å². The van der Waals surface area contributed by atoms with Crippen LogP contribution in [0, 0.1) is 0 Å². The van der Waals surface area contributed by atoms with Crippen molar-refractivity contribution in [2.24, 2.45) is 0 Å².